The lowest BCUT2D eigenvalue weighted by Gasteiger charge is -2.35. The highest BCUT2D eigenvalue weighted by atomic mass is 16.5. The number of nitrogen functional groups attached to an aromatic ring is 1. The minimum absolute atomic E-state index is 0.203. The summed E-state index contributed by atoms with van der Waals surface area (Å²) < 4.78 is 4.92. The maximum atomic E-state index is 12.4. The number of nitrogens with one attached hydrogen (secondary N) is 1. The van der Waals surface area contributed by atoms with E-state index in [2.05, 4.69) is 12.2 Å². The second kappa shape index (κ2) is 7.17. The van der Waals surface area contributed by atoms with E-state index in [9.17, 15) is 9.59 Å². The Labute approximate surface area is 136 Å². The molecule has 1 aliphatic rings. The number of carbonyl (C=O) groups is 2. The monoisotopic (exact) mass is 317 g/mol. The molecular formula is C17H23N3O3. The number of hydrogen-bond acceptors (Lipinski definition) is 4. The predicted octanol–water partition coefficient (Wildman–Crippen LogP) is 2.58. The lowest BCUT2D eigenvalue weighted by molar-refractivity contribution is -0.136. The minimum Gasteiger partial charge on any atom is -0.466 e. The summed E-state index contributed by atoms with van der Waals surface area (Å²) in [5.74, 6) is -0.439. The molecule has 124 valence electrons. The minimum atomic E-state index is -0.534. The van der Waals surface area contributed by atoms with Crippen molar-refractivity contribution in [2.45, 2.75) is 32.7 Å². The fraction of sp³-hybridized carbons (Fsp3) is 0.412. The summed E-state index contributed by atoms with van der Waals surface area (Å²) in [7, 11) is 1.34. The Morgan fingerprint density at radius 2 is 2.00 bits per heavy atom. The lowest BCUT2D eigenvalue weighted by Crippen LogP contribution is -2.48. The predicted molar refractivity (Wildman–Crippen MR) is 88.5 cm³/mol. The number of urea groups is 1. The summed E-state index contributed by atoms with van der Waals surface area (Å²) in [6, 6.07) is 6.36. The maximum absolute atomic E-state index is 12.4. The average molecular weight is 317 g/mol. The number of nitrogens with zero attached hydrogens (tertiary/aromatic N) is 1. The molecule has 1 atom stereocenters. The van der Waals surface area contributed by atoms with Crippen LogP contribution in [-0.4, -0.2) is 30.6 Å². The molecule has 0 saturated carbocycles. The Hall–Kier alpha value is -2.50. The molecule has 0 radical (unpaired) electrons. The van der Waals surface area contributed by atoms with E-state index in [-0.39, 0.29) is 6.03 Å². The zero-order valence-corrected chi connectivity index (χ0v) is 13.8. The number of rotatable bonds is 5. The first-order valence-corrected chi connectivity index (χ1v) is 7.72. The average Bonchev–Trinajstić information content (AvgIpc) is 2.54. The molecule has 6 heteroatoms. The van der Waals surface area contributed by atoms with E-state index in [0.717, 1.165) is 18.4 Å². The van der Waals surface area contributed by atoms with E-state index in [1.54, 1.807) is 36.1 Å². The number of ether oxygens (including phenoxy) is 1. The molecule has 0 aromatic heterocycles. The Bertz CT molecular complexity index is 622. The number of unbranched alkanes of at least 4 members (excludes halogenated alkanes) is 1. The molecular weight excluding hydrogens is 294 g/mol. The van der Waals surface area contributed by atoms with Crippen molar-refractivity contribution < 1.29 is 14.3 Å². The topological polar surface area (TPSA) is 84.7 Å². The van der Waals surface area contributed by atoms with Crippen LogP contribution in [0.15, 0.2) is 35.5 Å². The molecule has 3 N–H and O–H groups in total. The molecule has 1 unspecified atom stereocenters. The quantitative estimate of drug-likeness (QED) is 0.646. The third-order valence-electron chi connectivity index (χ3n) is 4.01. The first-order chi connectivity index (χ1) is 11.0. The summed E-state index contributed by atoms with van der Waals surface area (Å²) in [5.41, 5.74) is 8.22. The van der Waals surface area contributed by atoms with Crippen LogP contribution in [0.5, 0.6) is 0 Å². The molecule has 0 aliphatic carbocycles. The Morgan fingerprint density at radius 1 is 1.35 bits per heavy atom. The summed E-state index contributed by atoms with van der Waals surface area (Å²) in [4.78, 5) is 26.3. The molecule has 1 aromatic carbocycles. The SMILES string of the molecule is CCCCN1C(=O)NC(c2ccc(N)cc2)C(C(=O)OC)=C1C. The molecule has 6 nitrogen and oxygen atoms in total. The number of nitrogens with two attached hydrogens (primary N) is 1. The molecule has 2 rings (SSSR count). The van der Waals surface area contributed by atoms with E-state index in [1.165, 1.54) is 7.11 Å². The van der Waals surface area contributed by atoms with Gasteiger partial charge in [-0.05, 0) is 31.0 Å². The van der Waals surface area contributed by atoms with Crippen molar-refractivity contribution in [1.29, 1.82) is 0 Å². The van der Waals surface area contributed by atoms with Gasteiger partial charge in [-0.3, -0.25) is 4.90 Å². The Kier molecular flexibility index (Phi) is 5.26. The molecule has 1 aliphatic heterocycles. The number of esters is 1. The standard InChI is InChI=1S/C17H23N3O3/c1-4-5-10-20-11(2)14(16(21)23-3)15(19-17(20)22)12-6-8-13(18)9-7-12/h6-9,15H,4-5,10,18H2,1-3H3,(H,19,22). The van der Waals surface area contributed by atoms with Crippen molar-refractivity contribution in [2.75, 3.05) is 19.4 Å². The number of benzene rings is 1. The van der Waals surface area contributed by atoms with Gasteiger partial charge in [-0.15, -0.1) is 0 Å². The van der Waals surface area contributed by atoms with Gasteiger partial charge in [0, 0.05) is 17.9 Å². The van der Waals surface area contributed by atoms with Crippen LogP contribution < -0.4 is 11.1 Å². The molecule has 0 bridgehead atoms. The van der Waals surface area contributed by atoms with E-state index in [4.69, 9.17) is 10.5 Å². The van der Waals surface area contributed by atoms with E-state index >= 15 is 0 Å². The lowest BCUT2D eigenvalue weighted by atomic mass is 9.94. The highest BCUT2D eigenvalue weighted by molar-refractivity contribution is 5.95. The van der Waals surface area contributed by atoms with Gasteiger partial charge in [-0.2, -0.15) is 0 Å². The largest absolute Gasteiger partial charge is 0.466 e. The number of allylic oxidation sites excluding steroid dienone is 1. The van der Waals surface area contributed by atoms with E-state index in [1.807, 2.05) is 0 Å². The van der Waals surface area contributed by atoms with Crippen LogP contribution in [0.3, 0.4) is 0 Å². The van der Waals surface area contributed by atoms with Crippen LogP contribution >= 0.6 is 0 Å². The molecule has 23 heavy (non-hydrogen) atoms. The van der Waals surface area contributed by atoms with Crippen molar-refractivity contribution >= 4 is 17.7 Å². The van der Waals surface area contributed by atoms with Gasteiger partial charge in [-0.1, -0.05) is 25.5 Å². The van der Waals surface area contributed by atoms with Crippen LogP contribution in [0.2, 0.25) is 0 Å². The summed E-state index contributed by atoms with van der Waals surface area (Å²) in [6.07, 6.45) is 1.83. The number of methoxy groups -OCH3 is 1. The third kappa shape index (κ3) is 3.47. The number of hydrogen-bond donors (Lipinski definition) is 2. The van der Waals surface area contributed by atoms with Gasteiger partial charge in [0.1, 0.15) is 0 Å². The first kappa shape index (κ1) is 16.9. The summed E-state index contributed by atoms with van der Waals surface area (Å²) in [6.45, 7) is 4.41. The van der Waals surface area contributed by atoms with Crippen molar-refractivity contribution in [1.82, 2.24) is 10.2 Å². The van der Waals surface area contributed by atoms with Gasteiger partial charge in [0.15, 0.2) is 0 Å². The van der Waals surface area contributed by atoms with Crippen LogP contribution in [0.1, 0.15) is 38.3 Å². The molecule has 0 saturated heterocycles. The van der Waals surface area contributed by atoms with Gasteiger partial charge in [0.2, 0.25) is 0 Å². The highest BCUT2D eigenvalue weighted by Crippen LogP contribution is 2.31. The maximum Gasteiger partial charge on any atom is 0.337 e. The summed E-state index contributed by atoms with van der Waals surface area (Å²) in [5, 5.41) is 2.89. The van der Waals surface area contributed by atoms with Crippen molar-refractivity contribution in [3.05, 3.63) is 41.1 Å². The number of carbonyl (C=O) groups excluding carboxylic acids is 2. The van der Waals surface area contributed by atoms with Crippen LogP contribution in [0, 0.1) is 0 Å². The van der Waals surface area contributed by atoms with Crippen molar-refractivity contribution in [3.8, 4) is 0 Å². The Morgan fingerprint density at radius 3 is 2.57 bits per heavy atom. The van der Waals surface area contributed by atoms with Gasteiger partial charge >= 0.3 is 12.0 Å². The van der Waals surface area contributed by atoms with Crippen molar-refractivity contribution in [3.63, 3.8) is 0 Å². The zero-order chi connectivity index (χ0) is 17.0. The fourth-order valence-corrected chi connectivity index (χ4v) is 2.68. The van der Waals surface area contributed by atoms with Gasteiger partial charge < -0.3 is 15.8 Å². The van der Waals surface area contributed by atoms with Gasteiger partial charge in [-0.25, -0.2) is 9.59 Å². The summed E-state index contributed by atoms with van der Waals surface area (Å²) >= 11 is 0. The highest BCUT2D eigenvalue weighted by Gasteiger charge is 2.35. The third-order valence-corrected chi connectivity index (χ3v) is 4.01. The molecule has 1 aromatic rings. The molecule has 1 heterocycles. The van der Waals surface area contributed by atoms with Crippen molar-refractivity contribution in [2.24, 2.45) is 0 Å². The van der Waals surface area contributed by atoms with Crippen LogP contribution in [0.4, 0.5) is 10.5 Å². The zero-order valence-electron chi connectivity index (χ0n) is 13.8. The molecule has 2 amide bonds. The second-order valence-electron chi connectivity index (χ2n) is 5.55. The van der Waals surface area contributed by atoms with Gasteiger partial charge in [0.25, 0.3) is 0 Å². The Balaban J connectivity index is 2.45. The smallest absolute Gasteiger partial charge is 0.337 e. The molecule has 0 fully saturated rings. The van der Waals surface area contributed by atoms with Crippen LogP contribution in [0.25, 0.3) is 0 Å². The fourth-order valence-electron chi connectivity index (χ4n) is 2.68. The van der Waals surface area contributed by atoms with E-state index < -0.39 is 12.0 Å². The number of anilines is 1. The second-order valence-corrected chi connectivity index (χ2v) is 5.55. The molecule has 0 spiro atoms. The van der Waals surface area contributed by atoms with Gasteiger partial charge in [0.05, 0.1) is 18.7 Å². The van der Waals surface area contributed by atoms with E-state index in [0.29, 0.717) is 23.5 Å². The number of amides is 2. The first-order valence-electron chi connectivity index (χ1n) is 7.72. The van der Waals surface area contributed by atoms with Crippen LogP contribution in [-0.2, 0) is 9.53 Å². The normalized spacial score (nSPS) is 18.0.